The van der Waals surface area contributed by atoms with Gasteiger partial charge in [-0.15, -0.1) is 0 Å². The number of hydrogen-bond acceptors (Lipinski definition) is 3. The Morgan fingerprint density at radius 2 is 1.79 bits per heavy atom. The van der Waals surface area contributed by atoms with Gasteiger partial charge in [0.05, 0.1) is 11.3 Å². The molecule has 0 spiro atoms. The van der Waals surface area contributed by atoms with E-state index in [0.29, 0.717) is 17.7 Å². The van der Waals surface area contributed by atoms with Gasteiger partial charge in [-0.2, -0.15) is 0 Å². The third-order valence-electron chi connectivity index (χ3n) is 5.05. The smallest absolute Gasteiger partial charge is 0.253 e. The Kier molecular flexibility index (Phi) is 5.42. The van der Waals surface area contributed by atoms with Gasteiger partial charge < -0.3 is 15.5 Å². The van der Waals surface area contributed by atoms with E-state index in [4.69, 9.17) is 0 Å². The van der Waals surface area contributed by atoms with Gasteiger partial charge >= 0.3 is 0 Å². The molecule has 1 aliphatic heterocycles. The van der Waals surface area contributed by atoms with Gasteiger partial charge in [0.2, 0.25) is 11.8 Å². The first kappa shape index (κ1) is 18.9. The van der Waals surface area contributed by atoms with Gasteiger partial charge in [0.1, 0.15) is 0 Å². The first-order chi connectivity index (χ1) is 14.1. The number of benzene rings is 2. The maximum atomic E-state index is 12.3. The Bertz CT molecular complexity index is 962. The summed E-state index contributed by atoms with van der Waals surface area (Å²) < 4.78 is 0. The number of hydrogen-bond donors (Lipinski definition) is 2. The standard InChI is InChI=1S/C23H23N3O3/c27-21(25-20-5-2-1-4-19(20)23(29)24-17-10-11-17)14-9-16-7-12-18(13-8-16)26-15-3-6-22(26)28/h1-2,4-5,7-9,12-14,17H,3,6,10-11,15H2,(H,24,29)(H,25,27). The molecule has 2 fully saturated rings. The maximum absolute atomic E-state index is 12.3. The second kappa shape index (κ2) is 8.31. The number of amides is 3. The first-order valence-electron chi connectivity index (χ1n) is 9.89. The molecule has 0 unspecified atom stereocenters. The van der Waals surface area contributed by atoms with Crippen LogP contribution in [0.2, 0.25) is 0 Å². The molecule has 4 rings (SSSR count). The first-order valence-corrected chi connectivity index (χ1v) is 9.89. The molecule has 3 amide bonds. The van der Waals surface area contributed by atoms with Crippen molar-refractivity contribution in [1.29, 1.82) is 0 Å². The monoisotopic (exact) mass is 389 g/mol. The largest absolute Gasteiger partial charge is 0.349 e. The number of nitrogens with one attached hydrogen (secondary N) is 2. The Morgan fingerprint density at radius 3 is 2.48 bits per heavy atom. The minimum Gasteiger partial charge on any atom is -0.349 e. The molecule has 0 aromatic heterocycles. The number of anilines is 2. The SMILES string of the molecule is O=C(C=Cc1ccc(N2CCCC2=O)cc1)Nc1ccccc1C(=O)NC1CC1. The van der Waals surface area contributed by atoms with E-state index in [9.17, 15) is 14.4 Å². The summed E-state index contributed by atoms with van der Waals surface area (Å²) in [4.78, 5) is 38.3. The Balaban J connectivity index is 1.39. The molecule has 0 atom stereocenters. The van der Waals surface area contributed by atoms with E-state index < -0.39 is 0 Å². The van der Waals surface area contributed by atoms with E-state index in [-0.39, 0.29) is 23.8 Å². The summed E-state index contributed by atoms with van der Waals surface area (Å²) in [6, 6.07) is 14.8. The van der Waals surface area contributed by atoms with Crippen molar-refractivity contribution in [2.45, 2.75) is 31.7 Å². The van der Waals surface area contributed by atoms with Crippen molar-refractivity contribution in [1.82, 2.24) is 5.32 Å². The summed E-state index contributed by atoms with van der Waals surface area (Å²) in [5.74, 6) is -0.327. The molecule has 1 saturated heterocycles. The van der Waals surface area contributed by atoms with Gasteiger partial charge in [0.15, 0.2) is 0 Å². The lowest BCUT2D eigenvalue weighted by atomic mass is 10.1. The fourth-order valence-electron chi connectivity index (χ4n) is 3.31. The van der Waals surface area contributed by atoms with E-state index in [1.54, 1.807) is 35.2 Å². The van der Waals surface area contributed by atoms with Crippen LogP contribution in [-0.2, 0) is 9.59 Å². The third kappa shape index (κ3) is 4.71. The van der Waals surface area contributed by atoms with Crippen LogP contribution in [0.5, 0.6) is 0 Å². The molecule has 0 radical (unpaired) electrons. The van der Waals surface area contributed by atoms with Gasteiger partial charge in [0, 0.05) is 30.8 Å². The number of nitrogens with zero attached hydrogens (tertiary/aromatic N) is 1. The van der Waals surface area contributed by atoms with Crippen molar-refractivity contribution in [2.24, 2.45) is 0 Å². The second-order valence-corrected chi connectivity index (χ2v) is 7.36. The molecule has 1 saturated carbocycles. The van der Waals surface area contributed by atoms with Gasteiger partial charge in [0.25, 0.3) is 5.91 Å². The highest BCUT2D eigenvalue weighted by Crippen LogP contribution is 2.23. The number of carbonyl (C=O) groups excluding carboxylic acids is 3. The van der Waals surface area contributed by atoms with Crippen LogP contribution in [0.4, 0.5) is 11.4 Å². The van der Waals surface area contributed by atoms with E-state index in [2.05, 4.69) is 10.6 Å². The molecular formula is C23H23N3O3. The molecular weight excluding hydrogens is 366 g/mol. The topological polar surface area (TPSA) is 78.5 Å². The summed E-state index contributed by atoms with van der Waals surface area (Å²) in [6.45, 7) is 0.754. The lowest BCUT2D eigenvalue weighted by molar-refractivity contribution is -0.117. The molecule has 2 N–H and O–H groups in total. The highest BCUT2D eigenvalue weighted by atomic mass is 16.2. The quantitative estimate of drug-likeness (QED) is 0.744. The van der Waals surface area contributed by atoms with Crippen LogP contribution in [0.15, 0.2) is 54.6 Å². The van der Waals surface area contributed by atoms with Crippen LogP contribution in [0.3, 0.4) is 0 Å². The summed E-state index contributed by atoms with van der Waals surface area (Å²) in [5, 5.41) is 5.71. The van der Waals surface area contributed by atoms with Crippen molar-refractivity contribution in [3.63, 3.8) is 0 Å². The van der Waals surface area contributed by atoms with E-state index >= 15 is 0 Å². The highest BCUT2D eigenvalue weighted by Gasteiger charge is 2.25. The van der Waals surface area contributed by atoms with Gasteiger partial charge in [-0.25, -0.2) is 0 Å². The maximum Gasteiger partial charge on any atom is 0.253 e. The van der Waals surface area contributed by atoms with Crippen LogP contribution >= 0.6 is 0 Å². The van der Waals surface area contributed by atoms with E-state index in [1.165, 1.54) is 6.08 Å². The van der Waals surface area contributed by atoms with Crippen LogP contribution < -0.4 is 15.5 Å². The zero-order valence-corrected chi connectivity index (χ0v) is 16.1. The summed E-state index contributed by atoms with van der Waals surface area (Å²) >= 11 is 0. The third-order valence-corrected chi connectivity index (χ3v) is 5.05. The molecule has 29 heavy (non-hydrogen) atoms. The molecule has 148 valence electrons. The Morgan fingerprint density at radius 1 is 1.03 bits per heavy atom. The molecule has 2 aromatic carbocycles. The lowest BCUT2D eigenvalue weighted by Crippen LogP contribution is -2.26. The minimum absolute atomic E-state index is 0.150. The van der Waals surface area contributed by atoms with Crippen molar-refractivity contribution in [3.05, 3.63) is 65.7 Å². The van der Waals surface area contributed by atoms with Crippen LogP contribution in [0.25, 0.3) is 6.08 Å². The Labute approximate surface area is 169 Å². The molecule has 6 nitrogen and oxygen atoms in total. The number of rotatable bonds is 6. The average Bonchev–Trinajstić information content (AvgIpc) is 3.44. The van der Waals surface area contributed by atoms with E-state index in [0.717, 1.165) is 37.1 Å². The molecule has 2 aromatic rings. The second-order valence-electron chi connectivity index (χ2n) is 7.36. The van der Waals surface area contributed by atoms with E-state index in [1.807, 2.05) is 24.3 Å². The fraction of sp³-hybridized carbons (Fsp3) is 0.261. The summed E-state index contributed by atoms with van der Waals surface area (Å²) in [6.07, 6.45) is 6.65. The van der Waals surface area contributed by atoms with Crippen molar-refractivity contribution in [2.75, 3.05) is 16.8 Å². The van der Waals surface area contributed by atoms with Crippen molar-refractivity contribution < 1.29 is 14.4 Å². The van der Waals surface area contributed by atoms with Crippen LogP contribution in [0.1, 0.15) is 41.6 Å². The van der Waals surface area contributed by atoms with Gasteiger partial charge in [-0.3, -0.25) is 14.4 Å². The normalized spacial score (nSPS) is 16.3. The molecule has 2 aliphatic rings. The zero-order chi connectivity index (χ0) is 20.2. The fourth-order valence-corrected chi connectivity index (χ4v) is 3.31. The predicted octanol–water partition coefficient (Wildman–Crippen LogP) is 3.36. The zero-order valence-electron chi connectivity index (χ0n) is 16.1. The minimum atomic E-state index is -0.310. The predicted molar refractivity (Wildman–Crippen MR) is 113 cm³/mol. The lowest BCUT2D eigenvalue weighted by Gasteiger charge is -2.15. The average molecular weight is 389 g/mol. The Hall–Kier alpha value is -3.41. The van der Waals surface area contributed by atoms with Crippen LogP contribution in [0, 0.1) is 0 Å². The summed E-state index contributed by atoms with van der Waals surface area (Å²) in [5.41, 5.74) is 2.68. The van der Waals surface area contributed by atoms with Gasteiger partial charge in [-0.1, -0.05) is 24.3 Å². The van der Waals surface area contributed by atoms with Crippen LogP contribution in [-0.4, -0.2) is 30.3 Å². The molecule has 1 aliphatic carbocycles. The van der Waals surface area contributed by atoms with Gasteiger partial charge in [-0.05, 0) is 55.2 Å². The number of carbonyl (C=O) groups is 3. The molecule has 1 heterocycles. The molecule has 0 bridgehead atoms. The summed E-state index contributed by atoms with van der Waals surface area (Å²) in [7, 11) is 0. The van der Waals surface area contributed by atoms with Crippen molar-refractivity contribution in [3.8, 4) is 0 Å². The highest BCUT2D eigenvalue weighted by molar-refractivity contribution is 6.07. The molecule has 6 heteroatoms. The number of para-hydroxylation sites is 1. The van der Waals surface area contributed by atoms with Crippen molar-refractivity contribution >= 4 is 35.2 Å².